The number of urea groups is 1. The van der Waals surface area contributed by atoms with Gasteiger partial charge in [0.1, 0.15) is 11.6 Å². The van der Waals surface area contributed by atoms with E-state index in [1.165, 1.54) is 12.1 Å². The molecule has 1 aliphatic rings. The van der Waals surface area contributed by atoms with Gasteiger partial charge in [-0.05, 0) is 69.2 Å². The van der Waals surface area contributed by atoms with E-state index in [-0.39, 0.29) is 18.0 Å². The molecule has 1 aliphatic heterocycles. The standard InChI is InChI=1S/C26H29FN4O4/c1-16(2)34-14-6-13-31-17(3)22(23(28-26(31)32)19-7-5-8-20(27)15-19)25-29-24(30-35-25)18-9-11-21(33-4)12-10-18/h5,7-12,15-16,23H,6,13-14H2,1-4H3,(H,28,32). The second-order valence-corrected chi connectivity index (χ2v) is 8.51. The van der Waals surface area contributed by atoms with Crippen molar-refractivity contribution < 1.29 is 23.2 Å². The lowest BCUT2D eigenvalue weighted by molar-refractivity contribution is 0.0736. The summed E-state index contributed by atoms with van der Waals surface area (Å²) in [6, 6.07) is 12.5. The van der Waals surface area contributed by atoms with Gasteiger partial charge in [-0.25, -0.2) is 9.18 Å². The molecule has 4 rings (SSSR count). The number of amides is 2. The molecule has 0 saturated carbocycles. The zero-order valence-electron chi connectivity index (χ0n) is 20.2. The summed E-state index contributed by atoms with van der Waals surface area (Å²) in [5.74, 6) is 0.974. The van der Waals surface area contributed by atoms with Crippen LogP contribution in [0.4, 0.5) is 9.18 Å². The Morgan fingerprint density at radius 1 is 1.20 bits per heavy atom. The summed E-state index contributed by atoms with van der Waals surface area (Å²) in [5, 5.41) is 7.13. The molecule has 184 valence electrons. The minimum absolute atomic E-state index is 0.115. The molecule has 35 heavy (non-hydrogen) atoms. The molecular formula is C26H29FN4O4. The number of methoxy groups -OCH3 is 1. The van der Waals surface area contributed by atoms with Crippen molar-refractivity contribution in [3.63, 3.8) is 0 Å². The van der Waals surface area contributed by atoms with Gasteiger partial charge in [-0.1, -0.05) is 17.3 Å². The number of hydrogen-bond acceptors (Lipinski definition) is 6. The van der Waals surface area contributed by atoms with Crippen molar-refractivity contribution in [2.45, 2.75) is 39.3 Å². The second kappa shape index (κ2) is 10.7. The third-order valence-corrected chi connectivity index (χ3v) is 5.76. The summed E-state index contributed by atoms with van der Waals surface area (Å²) >= 11 is 0. The first-order valence-corrected chi connectivity index (χ1v) is 11.5. The number of hydrogen-bond donors (Lipinski definition) is 1. The van der Waals surface area contributed by atoms with Crippen LogP contribution in [0, 0.1) is 5.82 Å². The number of ether oxygens (including phenoxy) is 2. The molecule has 1 aromatic heterocycles. The third kappa shape index (κ3) is 5.51. The molecule has 1 N–H and O–H groups in total. The van der Waals surface area contributed by atoms with E-state index in [1.807, 2.05) is 45.0 Å². The van der Waals surface area contributed by atoms with E-state index < -0.39 is 11.9 Å². The molecule has 0 saturated heterocycles. The Hall–Kier alpha value is -3.72. The van der Waals surface area contributed by atoms with E-state index in [2.05, 4.69) is 15.5 Å². The van der Waals surface area contributed by atoms with Gasteiger partial charge in [0.15, 0.2) is 0 Å². The van der Waals surface area contributed by atoms with Crippen LogP contribution in [0.2, 0.25) is 0 Å². The van der Waals surface area contributed by atoms with Gasteiger partial charge in [0.25, 0.3) is 5.89 Å². The van der Waals surface area contributed by atoms with Crippen molar-refractivity contribution >= 4 is 11.6 Å². The van der Waals surface area contributed by atoms with Crippen LogP contribution in [0.15, 0.2) is 58.8 Å². The Bertz CT molecular complexity index is 1210. The van der Waals surface area contributed by atoms with Crippen LogP contribution in [0.25, 0.3) is 17.0 Å². The molecule has 2 amide bonds. The van der Waals surface area contributed by atoms with Crippen molar-refractivity contribution in [3.05, 3.63) is 71.5 Å². The average Bonchev–Trinajstić information content (AvgIpc) is 3.32. The number of carbonyl (C=O) groups is 1. The van der Waals surface area contributed by atoms with E-state index in [0.717, 1.165) is 5.56 Å². The minimum Gasteiger partial charge on any atom is -0.497 e. The topological polar surface area (TPSA) is 89.7 Å². The SMILES string of the molecule is COc1ccc(-c2noc(C3=C(C)N(CCCOC(C)C)C(=O)NC3c3cccc(F)c3)n2)cc1. The van der Waals surface area contributed by atoms with Crippen LogP contribution < -0.4 is 10.1 Å². The molecule has 3 aromatic rings. The molecule has 0 fully saturated rings. The minimum atomic E-state index is -0.648. The molecule has 8 nitrogen and oxygen atoms in total. The van der Waals surface area contributed by atoms with Crippen molar-refractivity contribution in [1.82, 2.24) is 20.4 Å². The Balaban J connectivity index is 1.70. The van der Waals surface area contributed by atoms with Gasteiger partial charge in [0.2, 0.25) is 5.82 Å². The lowest BCUT2D eigenvalue weighted by atomic mass is 9.94. The average molecular weight is 481 g/mol. The fraction of sp³-hybridized carbons (Fsp3) is 0.346. The van der Waals surface area contributed by atoms with Crippen LogP contribution in [0.3, 0.4) is 0 Å². The lowest BCUT2D eigenvalue weighted by Crippen LogP contribution is -2.46. The van der Waals surface area contributed by atoms with E-state index in [9.17, 15) is 9.18 Å². The zero-order valence-corrected chi connectivity index (χ0v) is 20.2. The largest absolute Gasteiger partial charge is 0.497 e. The Kier molecular flexibility index (Phi) is 7.45. The predicted molar refractivity (Wildman–Crippen MR) is 129 cm³/mol. The van der Waals surface area contributed by atoms with Crippen molar-refractivity contribution in [2.24, 2.45) is 0 Å². The summed E-state index contributed by atoms with van der Waals surface area (Å²) in [5.41, 5.74) is 2.62. The number of nitrogens with zero attached hydrogens (tertiary/aromatic N) is 3. The fourth-order valence-corrected chi connectivity index (χ4v) is 4.00. The summed E-state index contributed by atoms with van der Waals surface area (Å²) in [4.78, 5) is 19.3. The number of carbonyl (C=O) groups excluding carboxylic acids is 1. The maximum atomic E-state index is 14.1. The van der Waals surface area contributed by atoms with Gasteiger partial charge in [-0.15, -0.1) is 0 Å². The highest BCUT2D eigenvalue weighted by atomic mass is 19.1. The van der Waals surface area contributed by atoms with E-state index in [1.54, 1.807) is 24.1 Å². The molecule has 9 heteroatoms. The van der Waals surface area contributed by atoms with Crippen LogP contribution in [0.1, 0.15) is 44.7 Å². The van der Waals surface area contributed by atoms with E-state index in [4.69, 9.17) is 14.0 Å². The highest BCUT2D eigenvalue weighted by Gasteiger charge is 2.35. The quantitative estimate of drug-likeness (QED) is 0.424. The van der Waals surface area contributed by atoms with Crippen molar-refractivity contribution in [3.8, 4) is 17.1 Å². The number of aromatic nitrogens is 2. The molecule has 1 atom stereocenters. The maximum absolute atomic E-state index is 14.1. The summed E-state index contributed by atoms with van der Waals surface area (Å²) in [6.45, 7) is 6.75. The van der Waals surface area contributed by atoms with Gasteiger partial charge >= 0.3 is 6.03 Å². The van der Waals surface area contributed by atoms with Gasteiger partial charge in [-0.2, -0.15) is 4.98 Å². The highest BCUT2D eigenvalue weighted by Crippen LogP contribution is 2.37. The Morgan fingerprint density at radius 3 is 2.66 bits per heavy atom. The van der Waals surface area contributed by atoms with Crippen LogP contribution in [0.5, 0.6) is 5.75 Å². The summed E-state index contributed by atoms with van der Waals surface area (Å²) in [6.07, 6.45) is 0.770. The first-order valence-electron chi connectivity index (χ1n) is 11.5. The van der Waals surface area contributed by atoms with Crippen LogP contribution >= 0.6 is 0 Å². The monoisotopic (exact) mass is 480 g/mol. The molecule has 1 unspecified atom stereocenters. The van der Waals surface area contributed by atoms with Crippen molar-refractivity contribution in [2.75, 3.05) is 20.3 Å². The van der Waals surface area contributed by atoms with Gasteiger partial charge in [-0.3, -0.25) is 4.90 Å². The summed E-state index contributed by atoms with van der Waals surface area (Å²) in [7, 11) is 1.60. The van der Waals surface area contributed by atoms with Gasteiger partial charge in [0, 0.05) is 24.4 Å². The first kappa shape index (κ1) is 24.4. The molecule has 0 aliphatic carbocycles. The molecule has 2 aromatic carbocycles. The number of nitrogens with one attached hydrogen (secondary N) is 1. The molecule has 0 bridgehead atoms. The first-order chi connectivity index (χ1) is 16.9. The highest BCUT2D eigenvalue weighted by molar-refractivity contribution is 5.86. The van der Waals surface area contributed by atoms with E-state index >= 15 is 0 Å². The number of benzene rings is 2. The Morgan fingerprint density at radius 2 is 1.97 bits per heavy atom. The Labute approximate surface area is 203 Å². The molecule has 2 heterocycles. The third-order valence-electron chi connectivity index (χ3n) is 5.76. The van der Waals surface area contributed by atoms with Crippen molar-refractivity contribution in [1.29, 1.82) is 0 Å². The number of halogens is 1. The summed E-state index contributed by atoms with van der Waals surface area (Å²) < 4.78 is 30.6. The zero-order chi connectivity index (χ0) is 24.9. The van der Waals surface area contributed by atoms with Gasteiger partial charge in [0.05, 0.1) is 24.8 Å². The lowest BCUT2D eigenvalue weighted by Gasteiger charge is -2.35. The van der Waals surface area contributed by atoms with Crippen LogP contribution in [-0.2, 0) is 4.74 Å². The second-order valence-electron chi connectivity index (χ2n) is 8.51. The van der Waals surface area contributed by atoms with Crippen LogP contribution in [-0.4, -0.2) is 47.4 Å². The molecular weight excluding hydrogens is 451 g/mol. The normalized spacial score (nSPS) is 16.1. The maximum Gasteiger partial charge on any atom is 0.322 e. The molecule has 0 radical (unpaired) electrons. The number of allylic oxidation sites excluding steroid dienone is 1. The fourth-order valence-electron chi connectivity index (χ4n) is 4.00. The van der Waals surface area contributed by atoms with E-state index in [0.29, 0.717) is 48.0 Å². The number of rotatable bonds is 9. The predicted octanol–water partition coefficient (Wildman–Crippen LogP) is 5.20. The van der Waals surface area contributed by atoms with Gasteiger partial charge < -0.3 is 19.3 Å². The molecule has 0 spiro atoms. The smallest absolute Gasteiger partial charge is 0.322 e.